The van der Waals surface area contributed by atoms with Crippen LogP contribution in [0.4, 0.5) is 0 Å². The first-order valence-electron chi connectivity index (χ1n) is 14.7. The number of carbonyl (C=O) groups excluding carboxylic acids is 4. The zero-order valence-corrected chi connectivity index (χ0v) is 25.1. The number of hydrogen-bond acceptors (Lipinski definition) is 10. The van der Waals surface area contributed by atoms with Gasteiger partial charge in [-0.05, 0) is 38.0 Å². The Kier molecular flexibility index (Phi) is 8.56. The monoisotopic (exact) mass is 600 g/mol. The molecular formula is C31H40N2O10. The lowest BCUT2D eigenvalue weighted by Crippen LogP contribution is -2.57. The van der Waals surface area contributed by atoms with Crippen molar-refractivity contribution in [1.29, 1.82) is 0 Å². The third-order valence-electron chi connectivity index (χ3n) is 9.63. The summed E-state index contributed by atoms with van der Waals surface area (Å²) in [6.45, 7) is 7.14. The van der Waals surface area contributed by atoms with Gasteiger partial charge in [0.1, 0.15) is 35.7 Å². The second kappa shape index (κ2) is 11.9. The fraction of sp³-hybridized carbons (Fsp3) is 0.613. The van der Waals surface area contributed by atoms with E-state index in [9.17, 15) is 24.3 Å². The standard InChI is InChI=1S/C31H40N2O10/c1-14-12-15(2)31-18(13-21(39-6)29(37)41-24(14)17(4)40-30(38)27(35)32-5)9-10-19-22(31)23(34)16(3)25(26(19)43-31)42-28(36)20-8-7-11-33-20/h7-12,14,16-19,21-26,33-34H,13H2,1-6H3,(H,32,35)/b15-12+/t14-,16-,17-,18-,19?,21+,22?,23-,24+,25-,26-,31+/m1/s1. The van der Waals surface area contributed by atoms with Gasteiger partial charge in [-0.25, -0.2) is 14.4 Å². The number of methoxy groups -OCH3 is 1. The Morgan fingerprint density at radius 2 is 1.98 bits per heavy atom. The number of aromatic amines is 1. The highest BCUT2D eigenvalue weighted by Crippen LogP contribution is 2.61. The number of cyclic esters (lactones) is 1. The maximum atomic E-state index is 13.4. The molecule has 12 nitrogen and oxygen atoms in total. The Morgan fingerprint density at radius 1 is 1.23 bits per heavy atom. The van der Waals surface area contributed by atoms with E-state index in [0.29, 0.717) is 5.69 Å². The maximum Gasteiger partial charge on any atom is 0.397 e. The molecule has 43 heavy (non-hydrogen) atoms. The van der Waals surface area contributed by atoms with Crippen LogP contribution in [0.1, 0.15) is 44.6 Å². The van der Waals surface area contributed by atoms with Gasteiger partial charge >= 0.3 is 23.8 Å². The van der Waals surface area contributed by atoms with E-state index in [-0.39, 0.29) is 24.2 Å². The summed E-state index contributed by atoms with van der Waals surface area (Å²) in [6.07, 6.45) is 2.67. The van der Waals surface area contributed by atoms with Crippen LogP contribution in [0.5, 0.6) is 0 Å². The number of aliphatic hydroxyl groups is 1. The molecule has 1 saturated heterocycles. The zero-order valence-electron chi connectivity index (χ0n) is 25.1. The van der Waals surface area contributed by atoms with Crippen LogP contribution in [0.2, 0.25) is 0 Å². The van der Waals surface area contributed by atoms with Gasteiger partial charge in [-0.15, -0.1) is 0 Å². The summed E-state index contributed by atoms with van der Waals surface area (Å²) in [4.78, 5) is 53.3. The fourth-order valence-electron chi connectivity index (χ4n) is 7.52. The SMILES string of the molecule is CNC(=O)C(=O)O[C@H](C)[C@H]1OC(=O)[C@@H](OC)C[C@H]2C=CC3C4[C@H](O)[C@@H](C)[C@@H](OC(=O)c5ccc[nH]5)[C@@H]3O[C@]42/C(C)=C/[C@H]1C. The summed E-state index contributed by atoms with van der Waals surface area (Å²) < 4.78 is 29.8. The first-order valence-corrected chi connectivity index (χ1v) is 14.7. The third-order valence-corrected chi connectivity index (χ3v) is 9.63. The fourth-order valence-corrected chi connectivity index (χ4v) is 7.52. The minimum Gasteiger partial charge on any atom is -0.456 e. The minimum absolute atomic E-state index is 0.189. The Morgan fingerprint density at radius 3 is 2.63 bits per heavy atom. The van der Waals surface area contributed by atoms with E-state index in [1.165, 1.54) is 14.2 Å². The van der Waals surface area contributed by atoms with Crippen LogP contribution in [-0.4, -0.2) is 90.3 Å². The highest BCUT2D eigenvalue weighted by Gasteiger charge is 2.69. The molecule has 3 N–H and O–H groups in total. The van der Waals surface area contributed by atoms with E-state index >= 15 is 0 Å². The first kappa shape index (κ1) is 31.0. The lowest BCUT2D eigenvalue weighted by atomic mass is 9.57. The molecule has 2 aliphatic heterocycles. The van der Waals surface area contributed by atoms with Gasteiger partial charge < -0.3 is 39.1 Å². The van der Waals surface area contributed by atoms with Crippen LogP contribution in [0, 0.1) is 29.6 Å². The van der Waals surface area contributed by atoms with Gasteiger partial charge in [0, 0.05) is 49.9 Å². The topological polar surface area (TPSA) is 162 Å². The minimum atomic E-state index is -1.09. The predicted octanol–water partition coefficient (Wildman–Crippen LogP) is 1.70. The highest BCUT2D eigenvalue weighted by molar-refractivity contribution is 6.32. The Hall–Kier alpha value is -3.48. The number of carbonyl (C=O) groups is 4. The van der Waals surface area contributed by atoms with Crippen molar-refractivity contribution in [3.8, 4) is 0 Å². The number of esters is 3. The molecule has 0 radical (unpaired) electrons. The van der Waals surface area contributed by atoms with Crippen LogP contribution in [0.3, 0.4) is 0 Å². The number of hydrogen-bond donors (Lipinski definition) is 3. The zero-order chi connectivity index (χ0) is 31.2. The van der Waals surface area contributed by atoms with E-state index in [0.717, 1.165) is 5.57 Å². The smallest absolute Gasteiger partial charge is 0.397 e. The van der Waals surface area contributed by atoms with Crippen LogP contribution >= 0.6 is 0 Å². The lowest BCUT2D eigenvalue weighted by Gasteiger charge is -2.48. The van der Waals surface area contributed by atoms with Gasteiger partial charge in [0.05, 0.1) is 6.10 Å². The molecule has 5 rings (SSSR count). The van der Waals surface area contributed by atoms with Crippen molar-refractivity contribution >= 4 is 23.8 Å². The number of likely N-dealkylation sites (N-methyl/N-ethyl adjacent to an activating group) is 1. The van der Waals surface area contributed by atoms with Gasteiger partial charge in [-0.2, -0.15) is 0 Å². The van der Waals surface area contributed by atoms with E-state index in [1.807, 2.05) is 39.0 Å². The van der Waals surface area contributed by atoms with Crippen molar-refractivity contribution < 1.29 is 48.0 Å². The van der Waals surface area contributed by atoms with Crippen LogP contribution in [0.25, 0.3) is 0 Å². The molecule has 2 aliphatic carbocycles. The highest BCUT2D eigenvalue weighted by atomic mass is 16.6. The van der Waals surface area contributed by atoms with Gasteiger partial charge in [0.2, 0.25) is 0 Å². The normalized spacial score (nSPS) is 40.3. The molecule has 1 aromatic rings. The van der Waals surface area contributed by atoms with Gasteiger partial charge in [0.25, 0.3) is 0 Å². The van der Waals surface area contributed by atoms with Crippen molar-refractivity contribution in [1.82, 2.24) is 10.3 Å². The quantitative estimate of drug-likeness (QED) is 0.196. The van der Waals surface area contributed by atoms with Gasteiger partial charge in [-0.3, -0.25) is 4.79 Å². The predicted molar refractivity (Wildman–Crippen MR) is 150 cm³/mol. The van der Waals surface area contributed by atoms with E-state index in [2.05, 4.69) is 10.3 Å². The van der Waals surface area contributed by atoms with E-state index in [1.54, 1.807) is 25.3 Å². The maximum absolute atomic E-state index is 13.4. The molecule has 1 amide bonds. The van der Waals surface area contributed by atoms with Crippen LogP contribution < -0.4 is 5.32 Å². The molecule has 1 aromatic heterocycles. The molecular weight excluding hydrogens is 560 g/mol. The van der Waals surface area contributed by atoms with Crippen molar-refractivity contribution in [3.05, 3.63) is 47.8 Å². The average Bonchev–Trinajstić information content (AvgIpc) is 3.59. The molecule has 3 heterocycles. The average molecular weight is 601 g/mol. The van der Waals surface area contributed by atoms with E-state index in [4.69, 9.17) is 23.7 Å². The number of H-pyrrole nitrogens is 1. The molecule has 2 fully saturated rings. The second-order valence-electron chi connectivity index (χ2n) is 12.0. The molecule has 12 atom stereocenters. The largest absolute Gasteiger partial charge is 0.456 e. The molecule has 12 heteroatoms. The van der Waals surface area contributed by atoms with Crippen molar-refractivity contribution in [2.24, 2.45) is 29.6 Å². The Labute approximate surface area is 250 Å². The molecule has 234 valence electrons. The number of nitrogens with one attached hydrogen (secondary N) is 2. The number of ether oxygens (including phenoxy) is 5. The lowest BCUT2D eigenvalue weighted by molar-refractivity contribution is -0.180. The van der Waals surface area contributed by atoms with Crippen molar-refractivity contribution in [3.63, 3.8) is 0 Å². The van der Waals surface area contributed by atoms with E-state index < -0.39 is 77.9 Å². The van der Waals surface area contributed by atoms with Crippen LogP contribution in [-0.2, 0) is 38.1 Å². The van der Waals surface area contributed by atoms with Crippen LogP contribution in [0.15, 0.2) is 42.1 Å². The number of amides is 1. The summed E-state index contributed by atoms with van der Waals surface area (Å²) in [7, 11) is 2.73. The third kappa shape index (κ3) is 5.19. The number of aliphatic hydroxyl groups excluding tert-OH is 1. The molecule has 4 bridgehead atoms. The summed E-state index contributed by atoms with van der Waals surface area (Å²) in [5.74, 6) is -5.13. The molecule has 1 saturated carbocycles. The molecule has 1 spiro atoms. The summed E-state index contributed by atoms with van der Waals surface area (Å²) in [5.41, 5.74) is 0.0661. The number of rotatable bonds is 5. The molecule has 2 unspecified atom stereocenters. The molecule has 4 aliphatic rings. The summed E-state index contributed by atoms with van der Waals surface area (Å²) >= 11 is 0. The Balaban J connectivity index is 1.53. The van der Waals surface area contributed by atoms with Crippen molar-refractivity contribution in [2.45, 2.75) is 76.3 Å². The molecule has 0 aromatic carbocycles. The summed E-state index contributed by atoms with van der Waals surface area (Å²) in [5, 5.41) is 14.0. The van der Waals surface area contributed by atoms with Gasteiger partial charge in [-0.1, -0.05) is 32.1 Å². The van der Waals surface area contributed by atoms with Crippen molar-refractivity contribution in [2.75, 3.05) is 14.2 Å². The summed E-state index contributed by atoms with van der Waals surface area (Å²) in [6, 6.07) is 3.33. The first-order chi connectivity index (χ1) is 20.4. The number of aromatic nitrogens is 1. The second-order valence-corrected chi connectivity index (χ2v) is 12.0. The van der Waals surface area contributed by atoms with Gasteiger partial charge in [0.15, 0.2) is 6.10 Å². The Bertz CT molecular complexity index is 1310.